The van der Waals surface area contributed by atoms with E-state index in [1.165, 1.54) is 5.56 Å². The van der Waals surface area contributed by atoms with E-state index >= 15 is 0 Å². The van der Waals surface area contributed by atoms with Gasteiger partial charge in [-0.25, -0.2) is 0 Å². The van der Waals surface area contributed by atoms with Crippen LogP contribution < -0.4 is 4.74 Å². The van der Waals surface area contributed by atoms with Crippen LogP contribution in [0.4, 0.5) is 0 Å². The monoisotopic (exact) mass is 382 g/mol. The van der Waals surface area contributed by atoms with Crippen molar-refractivity contribution in [3.63, 3.8) is 0 Å². The van der Waals surface area contributed by atoms with E-state index in [0.717, 1.165) is 32.7 Å². The standard InChI is InChI=1S/C23H30N2O3/c1-3-13-28-21-10-9-20(22(26)16-21)17-24-18(2)23(19-7-5-4-6-8-19)25-11-14-27-15-12-25/h4-10,16-18,23,26H,3,11-15H2,1-2H3/t18-,23-/m1/s1. The summed E-state index contributed by atoms with van der Waals surface area (Å²) < 4.78 is 11.1. The molecule has 2 aromatic carbocycles. The number of phenols is 1. The molecule has 0 amide bonds. The van der Waals surface area contributed by atoms with E-state index in [-0.39, 0.29) is 17.8 Å². The maximum absolute atomic E-state index is 10.3. The van der Waals surface area contributed by atoms with Gasteiger partial charge in [-0.05, 0) is 31.0 Å². The average Bonchev–Trinajstić information content (AvgIpc) is 2.73. The molecule has 1 fully saturated rings. The first-order valence-electron chi connectivity index (χ1n) is 10.0. The van der Waals surface area contributed by atoms with Crippen LogP contribution >= 0.6 is 0 Å². The van der Waals surface area contributed by atoms with Crippen molar-refractivity contribution in [1.82, 2.24) is 4.90 Å². The van der Waals surface area contributed by atoms with Gasteiger partial charge in [-0.1, -0.05) is 37.3 Å². The Morgan fingerprint density at radius 3 is 2.61 bits per heavy atom. The first-order valence-corrected chi connectivity index (χ1v) is 10.0. The number of hydrogen-bond acceptors (Lipinski definition) is 5. The highest BCUT2D eigenvalue weighted by molar-refractivity contribution is 5.83. The molecule has 0 saturated carbocycles. The number of phenolic OH excluding ortho intramolecular Hbond substituents is 1. The Balaban J connectivity index is 1.76. The Morgan fingerprint density at radius 1 is 1.18 bits per heavy atom. The molecule has 2 atom stereocenters. The predicted octanol–water partition coefficient (Wildman–Crippen LogP) is 4.06. The first kappa shape index (κ1) is 20.4. The van der Waals surface area contributed by atoms with Crippen LogP contribution in [0.3, 0.4) is 0 Å². The molecule has 150 valence electrons. The maximum Gasteiger partial charge on any atom is 0.128 e. The summed E-state index contributed by atoms with van der Waals surface area (Å²) in [5.74, 6) is 0.868. The molecule has 5 heteroatoms. The molecule has 28 heavy (non-hydrogen) atoms. The fraction of sp³-hybridized carbons (Fsp3) is 0.435. The summed E-state index contributed by atoms with van der Waals surface area (Å²) in [5.41, 5.74) is 1.95. The Bertz CT molecular complexity index is 758. The van der Waals surface area contributed by atoms with Crippen LogP contribution in [0.2, 0.25) is 0 Å². The normalized spacial score (nSPS) is 17.5. The molecule has 0 unspecified atom stereocenters. The van der Waals surface area contributed by atoms with Gasteiger partial charge in [0.25, 0.3) is 0 Å². The second kappa shape index (κ2) is 10.2. The quantitative estimate of drug-likeness (QED) is 0.700. The molecule has 0 radical (unpaired) electrons. The van der Waals surface area contributed by atoms with Crippen LogP contribution in [0.25, 0.3) is 0 Å². The predicted molar refractivity (Wildman–Crippen MR) is 113 cm³/mol. The number of aromatic hydroxyl groups is 1. The summed E-state index contributed by atoms with van der Waals surface area (Å²) in [4.78, 5) is 7.22. The molecule has 2 aromatic rings. The van der Waals surface area contributed by atoms with Gasteiger partial charge in [0.2, 0.25) is 0 Å². The molecule has 0 spiro atoms. The third-order valence-corrected chi connectivity index (χ3v) is 4.96. The molecule has 3 rings (SSSR count). The summed E-state index contributed by atoms with van der Waals surface area (Å²) in [6, 6.07) is 16.1. The van der Waals surface area contributed by atoms with Crippen molar-refractivity contribution in [1.29, 1.82) is 0 Å². The van der Waals surface area contributed by atoms with Crippen LogP contribution in [0.5, 0.6) is 11.5 Å². The summed E-state index contributed by atoms with van der Waals surface area (Å²) in [7, 11) is 0. The van der Waals surface area contributed by atoms with Gasteiger partial charge in [-0.3, -0.25) is 9.89 Å². The molecule has 0 bridgehead atoms. The minimum Gasteiger partial charge on any atom is -0.507 e. The molecule has 1 saturated heterocycles. The second-order valence-corrected chi connectivity index (χ2v) is 7.09. The lowest BCUT2D eigenvalue weighted by Crippen LogP contribution is -2.42. The molecular weight excluding hydrogens is 352 g/mol. The van der Waals surface area contributed by atoms with E-state index in [4.69, 9.17) is 14.5 Å². The zero-order valence-electron chi connectivity index (χ0n) is 16.8. The lowest BCUT2D eigenvalue weighted by Gasteiger charge is -2.37. The summed E-state index contributed by atoms with van der Waals surface area (Å²) in [6.07, 6.45) is 2.70. The number of benzene rings is 2. The lowest BCUT2D eigenvalue weighted by molar-refractivity contribution is 0.0119. The van der Waals surface area contributed by atoms with Gasteiger partial charge in [0.05, 0.1) is 31.9 Å². The minimum absolute atomic E-state index is 0.0379. The summed E-state index contributed by atoms with van der Waals surface area (Å²) >= 11 is 0. The largest absolute Gasteiger partial charge is 0.507 e. The number of nitrogens with zero attached hydrogens (tertiary/aromatic N) is 2. The third kappa shape index (κ3) is 5.33. The van der Waals surface area contributed by atoms with Crippen molar-refractivity contribution in [3.8, 4) is 11.5 Å². The highest BCUT2D eigenvalue weighted by Gasteiger charge is 2.27. The molecule has 5 nitrogen and oxygen atoms in total. The van der Waals surface area contributed by atoms with Crippen molar-refractivity contribution < 1.29 is 14.6 Å². The van der Waals surface area contributed by atoms with Gasteiger partial charge in [-0.15, -0.1) is 0 Å². The Hall–Kier alpha value is -2.37. The fourth-order valence-corrected chi connectivity index (χ4v) is 3.52. The smallest absolute Gasteiger partial charge is 0.128 e. The topological polar surface area (TPSA) is 54.3 Å². The highest BCUT2D eigenvalue weighted by Crippen LogP contribution is 2.28. The van der Waals surface area contributed by atoms with Gasteiger partial charge in [0.15, 0.2) is 0 Å². The van der Waals surface area contributed by atoms with Crippen molar-refractivity contribution in [2.75, 3.05) is 32.9 Å². The zero-order chi connectivity index (χ0) is 19.8. The van der Waals surface area contributed by atoms with Crippen molar-refractivity contribution >= 4 is 6.21 Å². The second-order valence-electron chi connectivity index (χ2n) is 7.09. The van der Waals surface area contributed by atoms with Crippen LogP contribution in [-0.2, 0) is 4.74 Å². The number of rotatable bonds is 8. The van der Waals surface area contributed by atoms with Crippen LogP contribution in [0, 0.1) is 0 Å². The van der Waals surface area contributed by atoms with E-state index in [9.17, 15) is 5.11 Å². The summed E-state index contributed by atoms with van der Waals surface area (Å²) in [5, 5.41) is 10.3. The highest BCUT2D eigenvalue weighted by atomic mass is 16.5. The van der Waals surface area contributed by atoms with Crippen LogP contribution in [-0.4, -0.2) is 55.2 Å². The Kier molecular flexibility index (Phi) is 7.46. The van der Waals surface area contributed by atoms with Gasteiger partial charge in [0.1, 0.15) is 11.5 Å². The van der Waals surface area contributed by atoms with E-state index in [0.29, 0.717) is 17.9 Å². The van der Waals surface area contributed by atoms with Gasteiger partial charge in [0, 0.05) is 30.9 Å². The molecule has 1 aliphatic rings. The van der Waals surface area contributed by atoms with Crippen LogP contribution in [0.15, 0.2) is 53.5 Å². The first-order chi connectivity index (χ1) is 13.7. The summed E-state index contributed by atoms with van der Waals surface area (Å²) in [6.45, 7) is 8.11. The van der Waals surface area contributed by atoms with Crippen molar-refractivity contribution in [2.45, 2.75) is 32.4 Å². The van der Waals surface area contributed by atoms with E-state index < -0.39 is 0 Å². The fourth-order valence-electron chi connectivity index (χ4n) is 3.52. The van der Waals surface area contributed by atoms with E-state index in [1.54, 1.807) is 12.3 Å². The molecule has 1 heterocycles. The number of hydrogen-bond donors (Lipinski definition) is 1. The molecule has 0 aliphatic carbocycles. The average molecular weight is 383 g/mol. The Labute approximate surface area is 167 Å². The van der Waals surface area contributed by atoms with E-state index in [2.05, 4.69) is 43.0 Å². The van der Waals surface area contributed by atoms with Crippen LogP contribution in [0.1, 0.15) is 37.4 Å². The molecule has 1 N–H and O–H groups in total. The maximum atomic E-state index is 10.3. The molecular formula is C23H30N2O3. The van der Waals surface area contributed by atoms with Gasteiger partial charge < -0.3 is 14.6 Å². The Morgan fingerprint density at radius 2 is 1.93 bits per heavy atom. The lowest BCUT2D eigenvalue weighted by atomic mass is 9.98. The molecule has 0 aromatic heterocycles. The molecule has 1 aliphatic heterocycles. The van der Waals surface area contributed by atoms with Gasteiger partial charge in [-0.2, -0.15) is 0 Å². The zero-order valence-corrected chi connectivity index (χ0v) is 16.8. The van der Waals surface area contributed by atoms with E-state index in [1.807, 2.05) is 18.2 Å². The van der Waals surface area contributed by atoms with Gasteiger partial charge >= 0.3 is 0 Å². The number of morpholine rings is 1. The SMILES string of the molecule is CCCOc1ccc(C=N[C@H](C)[C@H](c2ccccc2)N2CCOCC2)c(O)c1. The third-order valence-electron chi connectivity index (χ3n) is 4.96. The van der Waals surface area contributed by atoms with Crippen molar-refractivity contribution in [3.05, 3.63) is 59.7 Å². The number of ether oxygens (including phenoxy) is 2. The van der Waals surface area contributed by atoms with Crippen molar-refractivity contribution in [2.24, 2.45) is 4.99 Å². The number of aliphatic imine (C=N–C) groups is 1. The minimum atomic E-state index is 0.0379.